The van der Waals surface area contributed by atoms with Crippen LogP contribution in [-0.2, 0) is 16.1 Å². The first-order chi connectivity index (χ1) is 13.2. The third-order valence-electron chi connectivity index (χ3n) is 4.59. The van der Waals surface area contributed by atoms with Crippen molar-refractivity contribution in [3.05, 3.63) is 76.8 Å². The van der Waals surface area contributed by atoms with Gasteiger partial charge in [0, 0.05) is 24.2 Å². The van der Waals surface area contributed by atoms with Crippen molar-refractivity contribution in [1.82, 2.24) is 9.88 Å². The maximum atomic E-state index is 11.8. The number of carbonyl (C=O) groups excluding carboxylic acids is 2. The molecule has 2 aromatic carbocycles. The lowest BCUT2D eigenvalue weighted by Gasteiger charge is -2.17. The maximum absolute atomic E-state index is 11.8. The van der Waals surface area contributed by atoms with Crippen molar-refractivity contribution < 1.29 is 14.3 Å². The predicted octanol–water partition coefficient (Wildman–Crippen LogP) is 4.35. The van der Waals surface area contributed by atoms with Crippen LogP contribution in [0.4, 0.5) is 4.79 Å². The Morgan fingerprint density at radius 1 is 1.11 bits per heavy atom. The smallest absolute Gasteiger partial charge is 0.290 e. The summed E-state index contributed by atoms with van der Waals surface area (Å²) in [7, 11) is 1.71. The number of thioether (sulfide) groups is 1. The van der Waals surface area contributed by atoms with Gasteiger partial charge in [0.2, 0.25) is 0 Å². The lowest BCUT2D eigenvalue weighted by Crippen LogP contribution is -2.17. The fourth-order valence-electron chi connectivity index (χ4n) is 3.26. The van der Waals surface area contributed by atoms with E-state index in [0.717, 1.165) is 33.8 Å². The van der Waals surface area contributed by atoms with Crippen LogP contribution in [0, 0.1) is 0 Å². The van der Waals surface area contributed by atoms with Gasteiger partial charge in [-0.2, -0.15) is 0 Å². The Labute approximate surface area is 161 Å². The van der Waals surface area contributed by atoms with E-state index in [1.165, 1.54) is 0 Å². The molecule has 1 saturated heterocycles. The van der Waals surface area contributed by atoms with Gasteiger partial charge in [-0.25, -0.2) is 0 Å². The number of nitrogens with one attached hydrogen (secondary N) is 1. The number of ether oxygens (including phenoxy) is 1. The van der Waals surface area contributed by atoms with Crippen LogP contribution >= 0.6 is 11.8 Å². The summed E-state index contributed by atoms with van der Waals surface area (Å²) in [6.07, 6.45) is 3.73. The van der Waals surface area contributed by atoms with E-state index < -0.39 is 0 Å². The quantitative estimate of drug-likeness (QED) is 0.671. The first-order valence-corrected chi connectivity index (χ1v) is 9.38. The summed E-state index contributed by atoms with van der Waals surface area (Å²) >= 11 is 0.930. The second kappa shape index (κ2) is 7.42. The number of nitrogens with zero attached hydrogens (tertiary/aromatic N) is 1. The summed E-state index contributed by atoms with van der Waals surface area (Å²) in [6.45, 7) is 0.678. The SMILES string of the molecule is COC(Cn1ccc2c(/C=C3\SC(=O)NC3=O)cccc21)c1ccccc1. The largest absolute Gasteiger partial charge is 0.375 e. The third-order valence-corrected chi connectivity index (χ3v) is 5.41. The van der Waals surface area contributed by atoms with Gasteiger partial charge in [-0.15, -0.1) is 0 Å². The molecule has 1 aliphatic heterocycles. The molecule has 3 aromatic rings. The van der Waals surface area contributed by atoms with E-state index in [1.807, 2.05) is 48.7 Å². The zero-order chi connectivity index (χ0) is 18.8. The summed E-state index contributed by atoms with van der Waals surface area (Å²) in [4.78, 5) is 23.6. The Kier molecular flexibility index (Phi) is 4.83. The van der Waals surface area contributed by atoms with E-state index >= 15 is 0 Å². The van der Waals surface area contributed by atoms with Crippen molar-refractivity contribution in [3.8, 4) is 0 Å². The molecule has 1 atom stereocenters. The van der Waals surface area contributed by atoms with Crippen LogP contribution in [0.2, 0.25) is 0 Å². The topological polar surface area (TPSA) is 60.3 Å². The van der Waals surface area contributed by atoms with E-state index in [4.69, 9.17) is 4.74 Å². The molecule has 6 heteroatoms. The van der Waals surface area contributed by atoms with Crippen molar-refractivity contribution in [2.45, 2.75) is 12.6 Å². The first kappa shape index (κ1) is 17.6. The Hall–Kier alpha value is -2.83. The molecule has 27 heavy (non-hydrogen) atoms. The number of hydrogen-bond donors (Lipinski definition) is 1. The average Bonchev–Trinajstić information content (AvgIpc) is 3.23. The van der Waals surface area contributed by atoms with E-state index in [2.05, 4.69) is 22.0 Å². The molecule has 1 N–H and O–H groups in total. The molecule has 2 heterocycles. The molecule has 0 radical (unpaired) electrons. The molecular weight excluding hydrogens is 360 g/mol. The van der Waals surface area contributed by atoms with Crippen LogP contribution in [0.1, 0.15) is 17.2 Å². The lowest BCUT2D eigenvalue weighted by molar-refractivity contribution is -0.115. The van der Waals surface area contributed by atoms with Gasteiger partial charge in [0.25, 0.3) is 11.1 Å². The number of hydrogen-bond acceptors (Lipinski definition) is 4. The Balaban J connectivity index is 1.67. The number of imide groups is 1. The molecule has 0 spiro atoms. The number of carbonyl (C=O) groups is 2. The molecule has 1 aliphatic rings. The number of amides is 2. The normalized spacial score (nSPS) is 16.9. The van der Waals surface area contributed by atoms with E-state index in [0.29, 0.717) is 11.4 Å². The first-order valence-electron chi connectivity index (χ1n) is 8.56. The van der Waals surface area contributed by atoms with Gasteiger partial charge in [-0.3, -0.25) is 14.9 Å². The Bertz CT molecular complexity index is 1040. The summed E-state index contributed by atoms with van der Waals surface area (Å²) in [5.41, 5.74) is 3.09. The minimum absolute atomic E-state index is 0.0578. The average molecular weight is 378 g/mol. The van der Waals surface area contributed by atoms with Crippen molar-refractivity contribution in [2.24, 2.45) is 0 Å². The van der Waals surface area contributed by atoms with Crippen LogP contribution in [-0.4, -0.2) is 22.8 Å². The molecule has 2 amide bonds. The molecule has 4 rings (SSSR count). The molecule has 0 saturated carbocycles. The van der Waals surface area contributed by atoms with Crippen LogP contribution in [0.5, 0.6) is 0 Å². The fourth-order valence-corrected chi connectivity index (χ4v) is 3.93. The third kappa shape index (κ3) is 3.54. The molecule has 0 aliphatic carbocycles. The molecule has 1 unspecified atom stereocenters. The van der Waals surface area contributed by atoms with Crippen molar-refractivity contribution >= 4 is 39.9 Å². The minimum Gasteiger partial charge on any atom is -0.375 e. The number of rotatable bonds is 5. The van der Waals surface area contributed by atoms with Gasteiger partial charge >= 0.3 is 0 Å². The highest BCUT2D eigenvalue weighted by atomic mass is 32.2. The summed E-state index contributed by atoms with van der Waals surface area (Å²) < 4.78 is 7.84. The van der Waals surface area contributed by atoms with Crippen LogP contribution in [0.25, 0.3) is 17.0 Å². The highest BCUT2D eigenvalue weighted by Gasteiger charge is 2.25. The predicted molar refractivity (Wildman–Crippen MR) is 107 cm³/mol. The molecular formula is C21H18N2O3S. The van der Waals surface area contributed by atoms with E-state index in [1.54, 1.807) is 13.2 Å². The van der Waals surface area contributed by atoms with Crippen LogP contribution < -0.4 is 5.32 Å². The second-order valence-corrected chi connectivity index (χ2v) is 7.25. The van der Waals surface area contributed by atoms with E-state index in [-0.39, 0.29) is 17.3 Å². The highest BCUT2D eigenvalue weighted by molar-refractivity contribution is 8.18. The van der Waals surface area contributed by atoms with Gasteiger partial charge in [-0.05, 0) is 41.1 Å². The van der Waals surface area contributed by atoms with Crippen molar-refractivity contribution in [3.63, 3.8) is 0 Å². The Morgan fingerprint density at radius 2 is 1.93 bits per heavy atom. The van der Waals surface area contributed by atoms with Gasteiger partial charge < -0.3 is 9.30 Å². The zero-order valence-corrected chi connectivity index (χ0v) is 15.5. The summed E-state index contributed by atoms with van der Waals surface area (Å²) in [5.74, 6) is -0.343. The number of aromatic nitrogens is 1. The summed E-state index contributed by atoms with van der Waals surface area (Å²) in [6, 6.07) is 18.1. The molecule has 1 fully saturated rings. The molecule has 0 bridgehead atoms. The Morgan fingerprint density at radius 3 is 2.63 bits per heavy atom. The molecule has 1 aromatic heterocycles. The standard InChI is InChI=1S/C21H18N2O3S/c1-26-18(14-6-3-2-4-7-14)13-23-11-10-16-15(8-5-9-17(16)23)12-19-20(24)22-21(25)27-19/h2-12,18H,13H2,1H3,(H,22,24,25)/b19-12-. The van der Waals surface area contributed by atoms with Gasteiger partial charge in [-0.1, -0.05) is 42.5 Å². The van der Waals surface area contributed by atoms with Crippen LogP contribution in [0.15, 0.2) is 65.7 Å². The van der Waals surface area contributed by atoms with Gasteiger partial charge in [0.05, 0.1) is 17.6 Å². The summed E-state index contributed by atoms with van der Waals surface area (Å²) in [5, 5.41) is 2.98. The van der Waals surface area contributed by atoms with E-state index in [9.17, 15) is 9.59 Å². The highest BCUT2D eigenvalue weighted by Crippen LogP contribution is 2.30. The second-order valence-electron chi connectivity index (χ2n) is 6.24. The maximum Gasteiger partial charge on any atom is 0.290 e. The monoisotopic (exact) mass is 378 g/mol. The lowest BCUT2D eigenvalue weighted by atomic mass is 10.1. The van der Waals surface area contributed by atoms with Crippen LogP contribution in [0.3, 0.4) is 0 Å². The van der Waals surface area contributed by atoms with Crippen molar-refractivity contribution in [2.75, 3.05) is 7.11 Å². The molecule has 5 nitrogen and oxygen atoms in total. The number of methoxy groups -OCH3 is 1. The fraction of sp³-hybridized carbons (Fsp3) is 0.143. The zero-order valence-electron chi connectivity index (χ0n) is 14.7. The minimum atomic E-state index is -0.343. The van der Waals surface area contributed by atoms with Gasteiger partial charge in [0.15, 0.2) is 0 Å². The molecule has 136 valence electrons. The number of fused-ring (bicyclic) bond motifs is 1. The van der Waals surface area contributed by atoms with Crippen molar-refractivity contribution in [1.29, 1.82) is 0 Å². The number of benzene rings is 2. The van der Waals surface area contributed by atoms with Gasteiger partial charge in [0.1, 0.15) is 0 Å².